The molecule has 3 rings (SSSR count). The zero-order valence-corrected chi connectivity index (χ0v) is 15.6. The van der Waals surface area contributed by atoms with Crippen molar-refractivity contribution in [3.8, 4) is 23.0 Å². The van der Waals surface area contributed by atoms with Crippen LogP contribution in [0.2, 0.25) is 0 Å². The molecule has 0 aliphatic rings. The van der Waals surface area contributed by atoms with Crippen molar-refractivity contribution in [3.63, 3.8) is 0 Å². The quantitative estimate of drug-likeness (QED) is 0.328. The molecule has 0 bridgehead atoms. The summed E-state index contributed by atoms with van der Waals surface area (Å²) in [5, 5.41) is 0. The van der Waals surface area contributed by atoms with Crippen molar-refractivity contribution in [2.24, 2.45) is 0 Å². The molecule has 0 amide bonds. The highest BCUT2D eigenvalue weighted by Gasteiger charge is 2.30. The van der Waals surface area contributed by atoms with E-state index in [2.05, 4.69) is 18.8 Å². The lowest BCUT2D eigenvalue weighted by Gasteiger charge is -2.09. The van der Waals surface area contributed by atoms with Gasteiger partial charge in [-0.3, -0.25) is 0 Å². The fourth-order valence-electron chi connectivity index (χ4n) is 2.89. The topological polar surface area (TPSA) is 0 Å². The normalized spacial score (nSPS) is 11.1. The van der Waals surface area contributed by atoms with E-state index in [0.29, 0.717) is 5.56 Å². The molecule has 0 saturated heterocycles. The summed E-state index contributed by atoms with van der Waals surface area (Å²) in [6, 6.07) is 13.3. The highest BCUT2D eigenvalue weighted by molar-refractivity contribution is 5.66. The van der Waals surface area contributed by atoms with Crippen LogP contribution in [0.15, 0.2) is 60.7 Å². The van der Waals surface area contributed by atoms with Crippen LogP contribution in [0.5, 0.6) is 0 Å². The van der Waals surface area contributed by atoms with E-state index in [1.807, 2.05) is 24.3 Å². The summed E-state index contributed by atoms with van der Waals surface area (Å²) in [6.07, 6.45) is -2.50. The zero-order chi connectivity index (χ0) is 21.0. The van der Waals surface area contributed by atoms with Gasteiger partial charge in [-0.2, -0.15) is 13.2 Å². The average molecular weight is 400 g/mol. The van der Waals surface area contributed by atoms with Gasteiger partial charge in [-0.15, -0.1) is 0 Å². The Bertz CT molecular complexity index is 1050. The summed E-state index contributed by atoms with van der Waals surface area (Å²) in [4.78, 5) is 0. The minimum absolute atomic E-state index is 0.115. The first kappa shape index (κ1) is 20.6. The smallest absolute Gasteiger partial charge is 0.206 e. The Hall–Kier alpha value is -3.13. The van der Waals surface area contributed by atoms with Gasteiger partial charge in [0.2, 0.25) is 0 Å². The van der Waals surface area contributed by atoms with Gasteiger partial charge in [-0.05, 0) is 53.9 Å². The van der Waals surface area contributed by atoms with Crippen LogP contribution in [0.4, 0.5) is 22.0 Å². The minimum atomic E-state index is -4.49. The third-order valence-corrected chi connectivity index (χ3v) is 4.41. The van der Waals surface area contributed by atoms with Gasteiger partial charge in [-0.25, -0.2) is 8.78 Å². The average Bonchev–Trinajstić information content (AvgIpc) is 2.69. The molecule has 0 aliphatic carbocycles. The Morgan fingerprint density at radius 3 is 2.03 bits per heavy atom. The van der Waals surface area contributed by atoms with E-state index in [-0.39, 0.29) is 16.7 Å². The molecular formula is C24H17F5. The fourth-order valence-corrected chi connectivity index (χ4v) is 2.89. The third-order valence-electron chi connectivity index (χ3n) is 4.41. The first-order valence-corrected chi connectivity index (χ1v) is 9.05. The number of aryl methyl sites for hydroxylation is 1. The molecule has 0 aromatic heterocycles. The van der Waals surface area contributed by atoms with E-state index in [1.165, 1.54) is 5.56 Å². The number of hydrogen-bond acceptors (Lipinski definition) is 0. The highest BCUT2D eigenvalue weighted by atomic mass is 19.4. The molecule has 0 saturated carbocycles. The predicted molar refractivity (Wildman–Crippen MR) is 103 cm³/mol. The van der Waals surface area contributed by atoms with Crippen molar-refractivity contribution in [1.82, 2.24) is 0 Å². The first-order chi connectivity index (χ1) is 13.8. The van der Waals surface area contributed by atoms with Crippen LogP contribution in [0, 0.1) is 23.5 Å². The molecule has 148 valence electrons. The molecular weight excluding hydrogens is 383 g/mol. The zero-order valence-electron chi connectivity index (χ0n) is 15.6. The lowest BCUT2D eigenvalue weighted by atomic mass is 10.0. The van der Waals surface area contributed by atoms with E-state index in [1.54, 1.807) is 0 Å². The molecule has 0 N–H and O–H groups in total. The van der Waals surface area contributed by atoms with E-state index >= 15 is 0 Å². The minimum Gasteiger partial charge on any atom is -0.206 e. The Kier molecular flexibility index (Phi) is 6.03. The molecule has 0 fully saturated rings. The van der Waals surface area contributed by atoms with Gasteiger partial charge in [0, 0.05) is 11.1 Å². The second-order valence-corrected chi connectivity index (χ2v) is 6.58. The van der Waals surface area contributed by atoms with Gasteiger partial charge in [0.25, 0.3) is 0 Å². The second-order valence-electron chi connectivity index (χ2n) is 6.58. The summed E-state index contributed by atoms with van der Waals surface area (Å²) < 4.78 is 66.8. The van der Waals surface area contributed by atoms with Gasteiger partial charge in [-0.1, -0.05) is 49.5 Å². The van der Waals surface area contributed by atoms with Gasteiger partial charge < -0.3 is 0 Å². The Morgan fingerprint density at radius 2 is 1.45 bits per heavy atom. The van der Waals surface area contributed by atoms with Crippen LogP contribution in [0.3, 0.4) is 0 Å². The number of alkyl halides is 3. The molecule has 3 aromatic carbocycles. The van der Waals surface area contributed by atoms with Crippen LogP contribution >= 0.6 is 0 Å². The van der Waals surface area contributed by atoms with Crippen molar-refractivity contribution in [2.75, 3.05) is 0 Å². The van der Waals surface area contributed by atoms with Gasteiger partial charge in [0.05, 0.1) is 11.1 Å². The van der Waals surface area contributed by atoms with Crippen LogP contribution in [-0.2, 0) is 12.6 Å². The van der Waals surface area contributed by atoms with Gasteiger partial charge in [0.15, 0.2) is 0 Å². The molecule has 0 aliphatic heterocycles. The number of benzene rings is 3. The largest absolute Gasteiger partial charge is 0.416 e. The van der Waals surface area contributed by atoms with E-state index in [4.69, 9.17) is 0 Å². The number of rotatable bonds is 3. The van der Waals surface area contributed by atoms with Crippen molar-refractivity contribution in [1.29, 1.82) is 0 Å². The van der Waals surface area contributed by atoms with Crippen molar-refractivity contribution in [3.05, 3.63) is 94.6 Å². The molecule has 0 unspecified atom stereocenters. The molecule has 0 atom stereocenters. The maximum atomic E-state index is 14.5. The number of hydrogen-bond donors (Lipinski definition) is 0. The molecule has 0 spiro atoms. The maximum absolute atomic E-state index is 14.5. The molecule has 5 heteroatoms. The van der Waals surface area contributed by atoms with Crippen LogP contribution < -0.4 is 0 Å². The fraction of sp³-hybridized carbons (Fsp3) is 0.167. The lowest BCUT2D eigenvalue weighted by molar-refractivity contribution is -0.137. The summed E-state index contributed by atoms with van der Waals surface area (Å²) >= 11 is 0. The highest BCUT2D eigenvalue weighted by Crippen LogP contribution is 2.32. The van der Waals surface area contributed by atoms with Gasteiger partial charge in [0.1, 0.15) is 11.6 Å². The first-order valence-electron chi connectivity index (χ1n) is 9.05. The molecule has 0 radical (unpaired) electrons. The predicted octanol–water partition coefficient (Wildman–Crippen LogP) is 7.00. The van der Waals surface area contributed by atoms with E-state index < -0.39 is 23.4 Å². The van der Waals surface area contributed by atoms with E-state index in [0.717, 1.165) is 49.2 Å². The van der Waals surface area contributed by atoms with Crippen molar-refractivity contribution < 1.29 is 22.0 Å². The van der Waals surface area contributed by atoms with Crippen molar-refractivity contribution in [2.45, 2.75) is 25.9 Å². The van der Waals surface area contributed by atoms with Crippen molar-refractivity contribution >= 4 is 0 Å². The standard InChI is InChI=1S/C24H17F5/c1-2-3-16-4-6-17(7-5-16)8-9-19-14-23(26)21(15-22(19)25)18-10-12-20(13-11-18)24(27,28)29/h4-7,10-15H,2-3H2,1H3. The Morgan fingerprint density at radius 1 is 0.793 bits per heavy atom. The monoisotopic (exact) mass is 400 g/mol. The van der Waals surface area contributed by atoms with Crippen LogP contribution in [-0.4, -0.2) is 0 Å². The molecule has 0 nitrogen and oxygen atoms in total. The second kappa shape index (κ2) is 8.48. The summed E-state index contributed by atoms with van der Waals surface area (Å²) in [6.45, 7) is 2.08. The van der Waals surface area contributed by atoms with Crippen LogP contribution in [0.1, 0.15) is 35.6 Å². The maximum Gasteiger partial charge on any atom is 0.416 e. The van der Waals surface area contributed by atoms with E-state index in [9.17, 15) is 22.0 Å². The Balaban J connectivity index is 1.86. The molecule has 29 heavy (non-hydrogen) atoms. The molecule has 0 heterocycles. The van der Waals surface area contributed by atoms with Gasteiger partial charge >= 0.3 is 6.18 Å². The lowest BCUT2D eigenvalue weighted by Crippen LogP contribution is -2.04. The number of halogens is 5. The third kappa shape index (κ3) is 5.03. The summed E-state index contributed by atoms with van der Waals surface area (Å²) in [5.41, 5.74) is 0.920. The SMILES string of the molecule is CCCc1ccc(C#Cc2cc(F)c(-c3ccc(C(F)(F)F)cc3)cc2F)cc1. The molecule has 3 aromatic rings. The summed E-state index contributed by atoms with van der Waals surface area (Å²) in [7, 11) is 0. The van der Waals surface area contributed by atoms with Crippen LogP contribution in [0.25, 0.3) is 11.1 Å². The Labute approximate surface area is 166 Å². The summed E-state index contributed by atoms with van der Waals surface area (Å²) in [5.74, 6) is 3.92.